The van der Waals surface area contributed by atoms with Crippen molar-refractivity contribution in [1.82, 2.24) is 45.2 Å². The van der Waals surface area contributed by atoms with Gasteiger partial charge in [0.15, 0.2) is 17.3 Å². The highest BCUT2D eigenvalue weighted by Gasteiger charge is 2.21. The van der Waals surface area contributed by atoms with Gasteiger partial charge >= 0.3 is 0 Å². The van der Waals surface area contributed by atoms with Crippen LogP contribution in [0.2, 0.25) is 0 Å². The summed E-state index contributed by atoms with van der Waals surface area (Å²) in [7, 11) is 2.14. The molecule has 6 heterocycles. The van der Waals surface area contributed by atoms with Crippen LogP contribution in [-0.2, 0) is 0 Å². The maximum Gasteiger partial charge on any atom is 0.161 e. The third-order valence-electron chi connectivity index (χ3n) is 5.61. The topological polar surface area (TPSA) is 118 Å². The smallest absolute Gasteiger partial charge is 0.161 e. The number of imidazole rings is 1. The fraction of sp³-hybridized carbons (Fsp3) is 0.250. The van der Waals surface area contributed by atoms with E-state index in [1.807, 2.05) is 30.6 Å². The maximum atomic E-state index is 4.88. The molecular formula is C20H20N10. The fourth-order valence-corrected chi connectivity index (χ4v) is 3.90. The molecule has 1 aliphatic rings. The average Bonchev–Trinajstić information content (AvgIpc) is 3.52. The zero-order valence-electron chi connectivity index (χ0n) is 16.4. The summed E-state index contributed by atoms with van der Waals surface area (Å²) in [5, 5.41) is 14.4. The Kier molecular flexibility index (Phi) is 3.78. The average molecular weight is 400 g/mol. The van der Waals surface area contributed by atoms with E-state index in [-0.39, 0.29) is 0 Å². The van der Waals surface area contributed by atoms with E-state index < -0.39 is 0 Å². The van der Waals surface area contributed by atoms with E-state index in [1.165, 1.54) is 0 Å². The number of nitrogens with zero attached hydrogens (tertiary/aromatic N) is 7. The Labute approximate surface area is 171 Å². The number of likely N-dealkylation sites (N-methyl/N-ethyl adjacent to an activating group) is 1. The van der Waals surface area contributed by atoms with Gasteiger partial charge in [-0.3, -0.25) is 10.2 Å². The van der Waals surface area contributed by atoms with E-state index in [0.717, 1.165) is 65.3 Å². The van der Waals surface area contributed by atoms with Gasteiger partial charge in [-0.15, -0.1) is 0 Å². The fourth-order valence-electron chi connectivity index (χ4n) is 3.90. The van der Waals surface area contributed by atoms with Crippen molar-refractivity contribution in [3.05, 3.63) is 36.8 Å². The summed E-state index contributed by atoms with van der Waals surface area (Å²) in [5.41, 5.74) is 5.87. The molecule has 1 fully saturated rings. The van der Waals surface area contributed by atoms with Gasteiger partial charge in [0.1, 0.15) is 11.0 Å². The van der Waals surface area contributed by atoms with E-state index in [2.05, 4.69) is 47.2 Å². The molecule has 3 N–H and O–H groups in total. The summed E-state index contributed by atoms with van der Waals surface area (Å²) in [6.07, 6.45) is 5.40. The maximum absolute atomic E-state index is 4.88. The lowest BCUT2D eigenvalue weighted by Gasteiger charge is -2.33. The summed E-state index contributed by atoms with van der Waals surface area (Å²) in [5.74, 6) is 1.59. The van der Waals surface area contributed by atoms with Gasteiger partial charge in [-0.1, -0.05) is 0 Å². The van der Waals surface area contributed by atoms with Crippen LogP contribution in [0.4, 0.5) is 5.82 Å². The lowest BCUT2D eigenvalue weighted by Crippen LogP contribution is -2.44. The van der Waals surface area contributed by atoms with Crippen molar-refractivity contribution in [2.45, 2.75) is 0 Å². The molecule has 0 amide bonds. The number of nitrogens with one attached hydrogen (secondary N) is 3. The lowest BCUT2D eigenvalue weighted by atomic mass is 10.2. The highest BCUT2D eigenvalue weighted by molar-refractivity contribution is 5.93. The molecule has 1 aliphatic heterocycles. The number of piperazine rings is 1. The number of hydrogen-bond donors (Lipinski definition) is 3. The van der Waals surface area contributed by atoms with Crippen LogP contribution in [0.25, 0.3) is 44.8 Å². The molecule has 150 valence electrons. The molecule has 5 aromatic heterocycles. The Bertz CT molecular complexity index is 1320. The highest BCUT2D eigenvalue weighted by atomic mass is 15.3. The molecule has 1 saturated heterocycles. The van der Waals surface area contributed by atoms with Crippen LogP contribution in [0.15, 0.2) is 36.8 Å². The molecule has 0 saturated carbocycles. The van der Waals surface area contributed by atoms with Crippen LogP contribution < -0.4 is 4.90 Å². The monoisotopic (exact) mass is 400 g/mol. The molecule has 0 bridgehead atoms. The first kappa shape index (κ1) is 17.1. The standard InChI is InChI=1S/C20H20N10/c1-29-6-8-30(9-7-29)20-17-14(4-5-21-20)25-19(26-17)18-16-15(27-28-18)3-2-13(24-16)12-10-22-23-11-12/h2-5,10-11H,6-9H2,1H3,(H,22,23)(H,25,26)(H,27,28). The van der Waals surface area contributed by atoms with Crippen molar-refractivity contribution in [2.24, 2.45) is 0 Å². The molecule has 30 heavy (non-hydrogen) atoms. The number of hydrogen-bond acceptors (Lipinski definition) is 7. The molecule has 0 unspecified atom stereocenters. The molecule has 0 aromatic carbocycles. The molecule has 0 spiro atoms. The summed E-state index contributed by atoms with van der Waals surface area (Å²) in [4.78, 5) is 22.3. The third kappa shape index (κ3) is 2.72. The van der Waals surface area contributed by atoms with E-state index in [0.29, 0.717) is 11.5 Å². The molecule has 0 radical (unpaired) electrons. The molecule has 0 aliphatic carbocycles. The summed E-state index contributed by atoms with van der Waals surface area (Å²) >= 11 is 0. The van der Waals surface area contributed by atoms with Crippen molar-refractivity contribution < 1.29 is 0 Å². The molecule has 10 heteroatoms. The van der Waals surface area contributed by atoms with Gasteiger partial charge in [0.2, 0.25) is 0 Å². The van der Waals surface area contributed by atoms with Crippen LogP contribution >= 0.6 is 0 Å². The summed E-state index contributed by atoms with van der Waals surface area (Å²) in [6, 6.07) is 5.87. The van der Waals surface area contributed by atoms with Gasteiger partial charge in [0, 0.05) is 44.1 Å². The summed E-state index contributed by atoms with van der Waals surface area (Å²) in [6.45, 7) is 3.90. The predicted molar refractivity (Wildman–Crippen MR) is 114 cm³/mol. The van der Waals surface area contributed by atoms with Crippen LogP contribution in [0.3, 0.4) is 0 Å². The van der Waals surface area contributed by atoms with Crippen molar-refractivity contribution >= 4 is 27.9 Å². The van der Waals surface area contributed by atoms with E-state index in [1.54, 1.807) is 6.20 Å². The Morgan fingerprint density at radius 1 is 0.967 bits per heavy atom. The van der Waals surface area contributed by atoms with Gasteiger partial charge in [-0.2, -0.15) is 10.2 Å². The van der Waals surface area contributed by atoms with Gasteiger partial charge in [0.05, 0.1) is 22.9 Å². The van der Waals surface area contributed by atoms with E-state index in [9.17, 15) is 0 Å². The number of aromatic nitrogens is 8. The number of H-pyrrole nitrogens is 3. The Morgan fingerprint density at radius 2 is 1.87 bits per heavy atom. The third-order valence-corrected chi connectivity index (χ3v) is 5.61. The second-order valence-corrected chi connectivity index (χ2v) is 7.56. The Balaban J connectivity index is 1.45. The lowest BCUT2D eigenvalue weighted by molar-refractivity contribution is 0.312. The normalized spacial score (nSPS) is 15.4. The number of pyridine rings is 2. The zero-order chi connectivity index (χ0) is 20.1. The molecule has 6 rings (SSSR count). The van der Waals surface area contributed by atoms with E-state index >= 15 is 0 Å². The van der Waals surface area contributed by atoms with Crippen LogP contribution in [0.1, 0.15) is 0 Å². The van der Waals surface area contributed by atoms with Crippen LogP contribution in [0.5, 0.6) is 0 Å². The quantitative estimate of drug-likeness (QED) is 0.424. The Hall–Kier alpha value is -3.79. The second kappa shape index (κ2) is 6.63. The summed E-state index contributed by atoms with van der Waals surface area (Å²) < 4.78 is 0. The highest BCUT2D eigenvalue weighted by Crippen LogP contribution is 2.30. The minimum Gasteiger partial charge on any atom is -0.352 e. The van der Waals surface area contributed by atoms with Crippen LogP contribution in [-0.4, -0.2) is 78.5 Å². The Morgan fingerprint density at radius 3 is 2.70 bits per heavy atom. The first-order valence-corrected chi connectivity index (χ1v) is 9.89. The zero-order valence-corrected chi connectivity index (χ0v) is 16.4. The number of aromatic amines is 3. The number of rotatable bonds is 3. The minimum absolute atomic E-state index is 0.677. The first-order chi connectivity index (χ1) is 14.8. The molecule has 0 atom stereocenters. The largest absolute Gasteiger partial charge is 0.352 e. The van der Waals surface area contributed by atoms with Crippen LogP contribution in [0, 0.1) is 0 Å². The van der Waals surface area contributed by atoms with Gasteiger partial charge in [0.25, 0.3) is 0 Å². The van der Waals surface area contributed by atoms with Gasteiger partial charge in [-0.25, -0.2) is 15.0 Å². The first-order valence-electron chi connectivity index (χ1n) is 9.89. The van der Waals surface area contributed by atoms with Crippen molar-refractivity contribution in [3.63, 3.8) is 0 Å². The molecular weight excluding hydrogens is 380 g/mol. The number of fused-ring (bicyclic) bond motifs is 2. The SMILES string of the molecule is CN1CCN(c2nccc3[nH]c(-c4n[nH]c5ccc(-c6cn[nH]c6)nc45)nc23)CC1. The van der Waals surface area contributed by atoms with Gasteiger partial charge < -0.3 is 14.8 Å². The molecule has 5 aromatic rings. The molecule has 10 nitrogen and oxygen atoms in total. The van der Waals surface area contributed by atoms with Crippen molar-refractivity contribution in [3.8, 4) is 22.8 Å². The minimum atomic E-state index is 0.677. The van der Waals surface area contributed by atoms with Gasteiger partial charge in [-0.05, 0) is 25.2 Å². The van der Waals surface area contributed by atoms with Crippen molar-refractivity contribution in [1.29, 1.82) is 0 Å². The number of anilines is 1. The predicted octanol–water partition coefficient (Wildman–Crippen LogP) is 2.04. The second-order valence-electron chi connectivity index (χ2n) is 7.56. The van der Waals surface area contributed by atoms with E-state index in [4.69, 9.17) is 9.97 Å². The van der Waals surface area contributed by atoms with Crippen molar-refractivity contribution in [2.75, 3.05) is 38.1 Å².